The molecular formula is C24H26F3N3O3. The highest BCUT2D eigenvalue weighted by molar-refractivity contribution is 5.82. The van der Waals surface area contributed by atoms with Gasteiger partial charge in [-0.05, 0) is 30.2 Å². The van der Waals surface area contributed by atoms with Crippen LogP contribution in [0, 0.1) is 0 Å². The number of Topliss-reactive ketones (excluding diaryl/α,β-unsaturated/α-hetero) is 1. The van der Waals surface area contributed by atoms with Crippen molar-refractivity contribution in [3.8, 4) is 11.3 Å². The molecule has 0 radical (unpaired) electrons. The predicted octanol–water partition coefficient (Wildman–Crippen LogP) is 5.23. The van der Waals surface area contributed by atoms with E-state index in [9.17, 15) is 18.0 Å². The Morgan fingerprint density at radius 1 is 1.18 bits per heavy atom. The summed E-state index contributed by atoms with van der Waals surface area (Å²) in [5, 5.41) is 3.94. The first-order valence-corrected chi connectivity index (χ1v) is 10.7. The Bertz CT molecular complexity index is 1090. The zero-order valence-electron chi connectivity index (χ0n) is 18.3. The van der Waals surface area contributed by atoms with Crippen molar-refractivity contribution in [3.05, 3.63) is 59.9 Å². The first-order chi connectivity index (χ1) is 15.9. The molecule has 0 unspecified atom stereocenters. The Kier molecular flexibility index (Phi) is 8.59. The average Bonchev–Trinajstić information content (AvgIpc) is 3.20. The number of pyridine rings is 1. The van der Waals surface area contributed by atoms with Crippen LogP contribution in [-0.4, -0.2) is 47.4 Å². The van der Waals surface area contributed by atoms with Gasteiger partial charge in [0.05, 0.1) is 31.1 Å². The molecule has 0 aliphatic heterocycles. The van der Waals surface area contributed by atoms with E-state index in [0.717, 1.165) is 23.2 Å². The lowest BCUT2D eigenvalue weighted by atomic mass is 10.0. The number of aromatic nitrogens is 2. The fourth-order valence-electron chi connectivity index (χ4n) is 3.22. The quantitative estimate of drug-likeness (QED) is 0.210. The average molecular weight is 461 g/mol. The normalized spacial score (nSPS) is 12.0. The van der Waals surface area contributed by atoms with Crippen molar-refractivity contribution in [2.24, 2.45) is 5.16 Å². The number of imidazole rings is 1. The van der Waals surface area contributed by atoms with Crippen LogP contribution in [0.15, 0.2) is 53.9 Å². The predicted molar refractivity (Wildman–Crippen MR) is 119 cm³/mol. The van der Waals surface area contributed by atoms with E-state index >= 15 is 0 Å². The van der Waals surface area contributed by atoms with Gasteiger partial charge in [-0.3, -0.25) is 9.20 Å². The molecule has 9 heteroatoms. The number of alkyl halides is 3. The zero-order chi connectivity index (χ0) is 23.7. The molecule has 2 aromatic heterocycles. The Morgan fingerprint density at radius 3 is 2.82 bits per heavy atom. The van der Waals surface area contributed by atoms with Crippen molar-refractivity contribution in [3.63, 3.8) is 0 Å². The maximum absolute atomic E-state index is 12.3. The van der Waals surface area contributed by atoms with Gasteiger partial charge in [-0.2, -0.15) is 13.2 Å². The summed E-state index contributed by atoms with van der Waals surface area (Å²) in [4.78, 5) is 21.5. The summed E-state index contributed by atoms with van der Waals surface area (Å²) >= 11 is 0. The Hall–Kier alpha value is -3.20. The largest absolute Gasteiger partial charge is 0.393 e. The molecule has 0 aliphatic carbocycles. The van der Waals surface area contributed by atoms with Gasteiger partial charge < -0.3 is 9.57 Å². The molecule has 0 amide bonds. The van der Waals surface area contributed by atoms with E-state index in [1.54, 1.807) is 30.6 Å². The minimum atomic E-state index is -4.33. The van der Waals surface area contributed by atoms with Crippen LogP contribution in [0.5, 0.6) is 0 Å². The summed E-state index contributed by atoms with van der Waals surface area (Å²) in [7, 11) is 0. The van der Waals surface area contributed by atoms with Crippen LogP contribution in [-0.2, 0) is 20.8 Å². The number of halogens is 3. The molecule has 0 aliphatic rings. The van der Waals surface area contributed by atoms with Gasteiger partial charge in [-0.1, -0.05) is 30.3 Å². The van der Waals surface area contributed by atoms with E-state index in [-0.39, 0.29) is 6.42 Å². The second-order valence-corrected chi connectivity index (χ2v) is 7.54. The van der Waals surface area contributed by atoms with Gasteiger partial charge in [-0.25, -0.2) is 4.98 Å². The molecule has 0 bridgehead atoms. The third kappa shape index (κ3) is 7.71. The number of fused-ring (bicyclic) bond motifs is 1. The summed E-state index contributed by atoms with van der Waals surface area (Å²) in [6, 6.07) is 10.9. The lowest BCUT2D eigenvalue weighted by molar-refractivity contribution is -0.143. The van der Waals surface area contributed by atoms with Gasteiger partial charge in [0.15, 0.2) is 0 Å². The standard InChI is InChI=1S/C24H26F3N3O3/c1-2-10-32-11-12-33-29-16-19-7-9-30-22(17-28-23(30)15-19)20-5-3-4-18(13-20)14-21(31)6-8-24(25,26)27/h3-5,7,9,13,15-17H,2,6,8,10-12,14H2,1H3. The minimum Gasteiger partial charge on any atom is -0.393 e. The molecule has 0 saturated carbocycles. The van der Waals surface area contributed by atoms with E-state index < -0.39 is 24.8 Å². The molecule has 0 saturated heterocycles. The monoisotopic (exact) mass is 461 g/mol. The number of ether oxygens (including phenoxy) is 1. The zero-order valence-corrected chi connectivity index (χ0v) is 18.3. The maximum Gasteiger partial charge on any atom is 0.389 e. The lowest BCUT2D eigenvalue weighted by Gasteiger charge is -2.07. The van der Waals surface area contributed by atoms with E-state index in [4.69, 9.17) is 9.57 Å². The second-order valence-electron chi connectivity index (χ2n) is 7.54. The van der Waals surface area contributed by atoms with Crippen LogP contribution >= 0.6 is 0 Å². The third-order valence-electron chi connectivity index (χ3n) is 4.79. The highest BCUT2D eigenvalue weighted by Crippen LogP contribution is 2.24. The summed E-state index contributed by atoms with van der Waals surface area (Å²) in [6.45, 7) is 3.60. The maximum atomic E-state index is 12.3. The molecule has 0 fully saturated rings. The summed E-state index contributed by atoms with van der Waals surface area (Å²) in [5.74, 6) is -0.439. The molecule has 0 spiro atoms. The van der Waals surface area contributed by atoms with Gasteiger partial charge in [-0.15, -0.1) is 0 Å². The van der Waals surface area contributed by atoms with Crippen LogP contribution in [0.1, 0.15) is 37.3 Å². The fourth-order valence-corrected chi connectivity index (χ4v) is 3.22. The molecule has 33 heavy (non-hydrogen) atoms. The van der Waals surface area contributed by atoms with Crippen LogP contribution in [0.4, 0.5) is 13.2 Å². The number of rotatable bonds is 12. The Morgan fingerprint density at radius 2 is 2.03 bits per heavy atom. The third-order valence-corrected chi connectivity index (χ3v) is 4.79. The smallest absolute Gasteiger partial charge is 0.389 e. The number of carbonyl (C=O) groups excluding carboxylic acids is 1. The van der Waals surface area contributed by atoms with Gasteiger partial charge in [0.25, 0.3) is 0 Å². The highest BCUT2D eigenvalue weighted by Gasteiger charge is 2.27. The molecule has 0 atom stereocenters. The van der Waals surface area contributed by atoms with Gasteiger partial charge in [0, 0.05) is 36.8 Å². The number of hydrogen-bond donors (Lipinski definition) is 0. The number of hydrogen-bond acceptors (Lipinski definition) is 5. The minimum absolute atomic E-state index is 0.0370. The second kappa shape index (κ2) is 11.6. The Balaban J connectivity index is 1.64. The molecular weight excluding hydrogens is 435 g/mol. The van der Waals surface area contributed by atoms with Crippen LogP contribution in [0.2, 0.25) is 0 Å². The van der Waals surface area contributed by atoms with Crippen molar-refractivity contribution in [2.75, 3.05) is 19.8 Å². The fraction of sp³-hybridized carbons (Fsp3) is 0.375. The van der Waals surface area contributed by atoms with Crippen molar-refractivity contribution in [1.82, 2.24) is 9.38 Å². The summed E-state index contributed by atoms with van der Waals surface area (Å²) in [5.41, 5.74) is 3.81. The van der Waals surface area contributed by atoms with Crippen LogP contribution < -0.4 is 0 Å². The van der Waals surface area contributed by atoms with Crippen molar-refractivity contribution >= 4 is 17.6 Å². The molecule has 3 aromatic rings. The van der Waals surface area contributed by atoms with Gasteiger partial charge >= 0.3 is 6.18 Å². The van der Waals surface area contributed by atoms with E-state index in [1.165, 1.54) is 0 Å². The Labute approximate surface area is 190 Å². The molecule has 6 nitrogen and oxygen atoms in total. The van der Waals surface area contributed by atoms with E-state index in [2.05, 4.69) is 10.1 Å². The van der Waals surface area contributed by atoms with Crippen molar-refractivity contribution in [1.29, 1.82) is 0 Å². The van der Waals surface area contributed by atoms with E-state index in [0.29, 0.717) is 31.0 Å². The molecule has 1 aromatic carbocycles. The van der Waals surface area contributed by atoms with Gasteiger partial charge in [0.2, 0.25) is 0 Å². The van der Waals surface area contributed by atoms with Gasteiger partial charge in [0.1, 0.15) is 18.0 Å². The molecule has 2 heterocycles. The number of oxime groups is 1. The topological polar surface area (TPSA) is 65.2 Å². The van der Waals surface area contributed by atoms with Crippen LogP contribution in [0.3, 0.4) is 0 Å². The van der Waals surface area contributed by atoms with Crippen LogP contribution in [0.25, 0.3) is 16.9 Å². The lowest BCUT2D eigenvalue weighted by Crippen LogP contribution is -2.12. The number of carbonyl (C=O) groups is 1. The molecule has 0 N–H and O–H groups in total. The SMILES string of the molecule is CCCOCCON=Cc1ccn2c(-c3cccc(CC(=O)CCC(F)(F)F)c3)cnc2c1. The molecule has 176 valence electrons. The van der Waals surface area contributed by atoms with Crippen molar-refractivity contribution < 1.29 is 27.5 Å². The first-order valence-electron chi connectivity index (χ1n) is 10.7. The summed E-state index contributed by atoms with van der Waals surface area (Å²) < 4.78 is 44.2. The first kappa shape index (κ1) is 24.4. The van der Waals surface area contributed by atoms with E-state index in [1.807, 2.05) is 35.7 Å². The van der Waals surface area contributed by atoms with Crippen molar-refractivity contribution in [2.45, 2.75) is 38.8 Å². The summed E-state index contributed by atoms with van der Waals surface area (Å²) in [6.07, 6.45) is 0.150. The number of nitrogens with zero attached hydrogens (tertiary/aromatic N) is 3. The molecule has 3 rings (SSSR count). The number of ketones is 1. The number of benzene rings is 1. The highest BCUT2D eigenvalue weighted by atomic mass is 19.4.